The van der Waals surface area contributed by atoms with Gasteiger partial charge in [-0.1, -0.05) is 25.7 Å². The van der Waals surface area contributed by atoms with Crippen LogP contribution in [0.4, 0.5) is 0 Å². The van der Waals surface area contributed by atoms with Gasteiger partial charge in [-0.3, -0.25) is 4.79 Å². The summed E-state index contributed by atoms with van der Waals surface area (Å²) in [4.78, 5) is 12.4. The van der Waals surface area contributed by atoms with Gasteiger partial charge in [-0.25, -0.2) is 0 Å². The molecular weight excluding hydrogens is 224 g/mol. The van der Waals surface area contributed by atoms with Gasteiger partial charge in [0.1, 0.15) is 0 Å². The van der Waals surface area contributed by atoms with Gasteiger partial charge in [0.25, 0.3) is 0 Å². The van der Waals surface area contributed by atoms with E-state index in [1.54, 1.807) is 0 Å². The highest BCUT2D eigenvalue weighted by Gasteiger charge is 2.41. The van der Waals surface area contributed by atoms with E-state index in [9.17, 15) is 4.79 Å². The molecule has 3 nitrogen and oxygen atoms in total. The molecule has 5 atom stereocenters. The molecule has 3 heteroatoms. The zero-order chi connectivity index (χ0) is 12.5. The average molecular weight is 250 g/mol. The van der Waals surface area contributed by atoms with Gasteiger partial charge in [0.15, 0.2) is 0 Å². The molecule has 3 saturated carbocycles. The predicted octanol–water partition coefficient (Wildman–Crippen LogP) is 2.20. The molecule has 102 valence electrons. The van der Waals surface area contributed by atoms with E-state index in [-0.39, 0.29) is 17.9 Å². The Kier molecular flexibility index (Phi) is 3.60. The van der Waals surface area contributed by atoms with Crippen molar-refractivity contribution in [1.29, 1.82) is 0 Å². The predicted molar refractivity (Wildman–Crippen MR) is 71.9 cm³/mol. The Bertz CT molecular complexity index is 318. The van der Waals surface area contributed by atoms with Crippen molar-refractivity contribution in [3.63, 3.8) is 0 Å². The van der Waals surface area contributed by atoms with Gasteiger partial charge in [-0.2, -0.15) is 0 Å². The number of amides is 1. The molecule has 0 aromatic carbocycles. The minimum Gasteiger partial charge on any atom is -0.353 e. The molecule has 3 aliphatic rings. The van der Waals surface area contributed by atoms with Crippen LogP contribution in [0.2, 0.25) is 0 Å². The first-order valence-corrected chi connectivity index (χ1v) is 7.80. The highest BCUT2D eigenvalue weighted by atomic mass is 16.2. The summed E-state index contributed by atoms with van der Waals surface area (Å²) in [5.41, 5.74) is 6.17. The van der Waals surface area contributed by atoms with Gasteiger partial charge in [0, 0.05) is 12.1 Å². The number of carbonyl (C=O) groups is 1. The first-order chi connectivity index (χ1) is 8.74. The minimum absolute atomic E-state index is 0.0756. The van der Waals surface area contributed by atoms with Crippen molar-refractivity contribution in [1.82, 2.24) is 5.32 Å². The normalized spacial score (nSPS) is 43.7. The van der Waals surface area contributed by atoms with Crippen LogP contribution >= 0.6 is 0 Å². The molecule has 5 unspecified atom stereocenters. The first-order valence-electron chi connectivity index (χ1n) is 7.80. The van der Waals surface area contributed by atoms with Gasteiger partial charge in [-0.15, -0.1) is 0 Å². The van der Waals surface area contributed by atoms with Crippen LogP contribution in [0.25, 0.3) is 0 Å². The third-order valence-corrected chi connectivity index (χ3v) is 5.47. The molecule has 3 rings (SSSR count). The Balaban J connectivity index is 1.57. The minimum atomic E-state index is 0.0756. The van der Waals surface area contributed by atoms with Gasteiger partial charge >= 0.3 is 0 Å². The summed E-state index contributed by atoms with van der Waals surface area (Å²) in [6.07, 6.45) is 10.9. The molecule has 0 spiro atoms. The highest BCUT2D eigenvalue weighted by molar-refractivity contribution is 5.79. The van der Waals surface area contributed by atoms with Crippen molar-refractivity contribution in [3.05, 3.63) is 0 Å². The van der Waals surface area contributed by atoms with Gasteiger partial charge in [0.05, 0.1) is 5.92 Å². The van der Waals surface area contributed by atoms with Crippen LogP contribution in [0.3, 0.4) is 0 Å². The summed E-state index contributed by atoms with van der Waals surface area (Å²) >= 11 is 0. The van der Waals surface area contributed by atoms with E-state index in [0.29, 0.717) is 6.04 Å². The van der Waals surface area contributed by atoms with Crippen LogP contribution in [0.1, 0.15) is 57.8 Å². The molecule has 0 radical (unpaired) electrons. The monoisotopic (exact) mass is 250 g/mol. The van der Waals surface area contributed by atoms with Crippen LogP contribution < -0.4 is 11.1 Å². The maximum Gasteiger partial charge on any atom is 0.224 e. The third kappa shape index (κ3) is 2.42. The van der Waals surface area contributed by atoms with Gasteiger partial charge in [0.2, 0.25) is 5.91 Å². The number of hydrogen-bond acceptors (Lipinski definition) is 2. The van der Waals surface area contributed by atoms with E-state index < -0.39 is 0 Å². The van der Waals surface area contributed by atoms with Crippen LogP contribution in [0, 0.1) is 17.8 Å². The topological polar surface area (TPSA) is 55.1 Å². The highest BCUT2D eigenvalue weighted by Crippen LogP contribution is 2.44. The van der Waals surface area contributed by atoms with E-state index in [1.165, 1.54) is 44.9 Å². The third-order valence-electron chi connectivity index (χ3n) is 5.47. The maximum atomic E-state index is 12.4. The van der Waals surface area contributed by atoms with E-state index in [2.05, 4.69) is 5.32 Å². The van der Waals surface area contributed by atoms with Gasteiger partial charge in [-0.05, 0) is 43.9 Å². The summed E-state index contributed by atoms with van der Waals surface area (Å²) in [5, 5.41) is 3.32. The lowest BCUT2D eigenvalue weighted by molar-refractivity contribution is -0.126. The second-order valence-corrected chi connectivity index (χ2v) is 6.70. The summed E-state index contributed by atoms with van der Waals surface area (Å²) in [7, 11) is 0. The summed E-state index contributed by atoms with van der Waals surface area (Å²) in [5.74, 6) is 1.98. The number of rotatable bonds is 2. The van der Waals surface area contributed by atoms with Crippen molar-refractivity contribution in [2.24, 2.45) is 23.5 Å². The number of hydrogen-bond donors (Lipinski definition) is 2. The fourth-order valence-electron chi connectivity index (χ4n) is 4.37. The largest absolute Gasteiger partial charge is 0.353 e. The Hall–Kier alpha value is -0.570. The molecule has 1 amide bonds. The molecule has 3 aliphatic carbocycles. The summed E-state index contributed by atoms with van der Waals surface area (Å²) in [6.45, 7) is 0. The molecule has 0 aliphatic heterocycles. The number of carbonyl (C=O) groups excluding carboxylic acids is 1. The second-order valence-electron chi connectivity index (χ2n) is 6.70. The van der Waals surface area contributed by atoms with Crippen molar-refractivity contribution in [2.45, 2.75) is 69.9 Å². The fourth-order valence-corrected chi connectivity index (χ4v) is 4.37. The quantitative estimate of drug-likeness (QED) is 0.738. The molecule has 0 saturated heterocycles. The lowest BCUT2D eigenvalue weighted by atomic mass is 9.91. The molecule has 3 fully saturated rings. The zero-order valence-corrected chi connectivity index (χ0v) is 11.2. The zero-order valence-electron chi connectivity index (χ0n) is 11.2. The Morgan fingerprint density at radius 1 is 1.00 bits per heavy atom. The molecule has 0 heterocycles. The molecule has 18 heavy (non-hydrogen) atoms. The molecule has 2 bridgehead atoms. The Morgan fingerprint density at radius 2 is 1.83 bits per heavy atom. The van der Waals surface area contributed by atoms with E-state index in [0.717, 1.165) is 24.7 Å². The Labute approximate surface area is 110 Å². The second kappa shape index (κ2) is 5.20. The number of nitrogens with two attached hydrogens (primary N) is 1. The smallest absolute Gasteiger partial charge is 0.224 e. The number of nitrogens with one attached hydrogen (secondary N) is 1. The van der Waals surface area contributed by atoms with Crippen molar-refractivity contribution >= 4 is 5.91 Å². The standard InChI is InChI=1S/C15H26N2O/c16-13-5-3-1-2-4-12(13)15(18)17-14-9-10-6-7-11(14)8-10/h10-14H,1-9,16H2,(H,17,18). The van der Waals surface area contributed by atoms with Crippen LogP contribution in [-0.2, 0) is 4.79 Å². The van der Waals surface area contributed by atoms with Crippen molar-refractivity contribution in [2.75, 3.05) is 0 Å². The lowest BCUT2D eigenvalue weighted by Gasteiger charge is -2.27. The van der Waals surface area contributed by atoms with Crippen LogP contribution in [-0.4, -0.2) is 18.0 Å². The lowest BCUT2D eigenvalue weighted by Crippen LogP contribution is -2.46. The molecule has 0 aromatic heterocycles. The fraction of sp³-hybridized carbons (Fsp3) is 0.933. The number of fused-ring (bicyclic) bond motifs is 2. The Morgan fingerprint density at radius 3 is 2.56 bits per heavy atom. The van der Waals surface area contributed by atoms with E-state index in [1.807, 2.05) is 0 Å². The molecule has 3 N–H and O–H groups in total. The summed E-state index contributed by atoms with van der Waals surface area (Å²) < 4.78 is 0. The van der Waals surface area contributed by atoms with Crippen molar-refractivity contribution < 1.29 is 4.79 Å². The van der Waals surface area contributed by atoms with E-state index in [4.69, 9.17) is 5.73 Å². The molecule has 0 aromatic rings. The van der Waals surface area contributed by atoms with Gasteiger partial charge < -0.3 is 11.1 Å². The SMILES string of the molecule is NC1CCCCCC1C(=O)NC1CC2CCC1C2. The van der Waals surface area contributed by atoms with Crippen LogP contribution in [0.15, 0.2) is 0 Å². The summed E-state index contributed by atoms with van der Waals surface area (Å²) in [6, 6.07) is 0.554. The molecular formula is C15H26N2O. The van der Waals surface area contributed by atoms with E-state index >= 15 is 0 Å². The first kappa shape index (κ1) is 12.5. The van der Waals surface area contributed by atoms with Crippen molar-refractivity contribution in [3.8, 4) is 0 Å². The van der Waals surface area contributed by atoms with Crippen LogP contribution in [0.5, 0.6) is 0 Å². The maximum absolute atomic E-state index is 12.4. The average Bonchev–Trinajstić information content (AvgIpc) is 2.88.